The van der Waals surface area contributed by atoms with Gasteiger partial charge in [0.1, 0.15) is 0 Å². The minimum atomic E-state index is -0.369. The summed E-state index contributed by atoms with van der Waals surface area (Å²) in [6, 6.07) is 1.86. The molecule has 3 nitrogen and oxygen atoms in total. The van der Waals surface area contributed by atoms with Crippen molar-refractivity contribution in [2.24, 2.45) is 5.73 Å². The van der Waals surface area contributed by atoms with Crippen molar-refractivity contribution in [3.05, 3.63) is 21.4 Å². The number of hydrogen-bond acceptors (Lipinski definition) is 3. The number of amides is 1. The molecule has 0 bridgehead atoms. The smallest absolute Gasteiger partial charge is 0.237 e. The van der Waals surface area contributed by atoms with Crippen LogP contribution in [-0.4, -0.2) is 11.9 Å². The number of hydrogen-bond donors (Lipinski definition) is 2. The van der Waals surface area contributed by atoms with Gasteiger partial charge in [0.2, 0.25) is 5.91 Å². The summed E-state index contributed by atoms with van der Waals surface area (Å²) in [4.78, 5) is 14.2. The summed E-state index contributed by atoms with van der Waals surface area (Å²) < 4.78 is 0. The van der Waals surface area contributed by atoms with Crippen LogP contribution in [0.2, 0.25) is 0 Å². The summed E-state index contributed by atoms with van der Waals surface area (Å²) in [5.41, 5.74) is 7.13. The lowest BCUT2D eigenvalue weighted by Gasteiger charge is -2.08. The summed E-state index contributed by atoms with van der Waals surface area (Å²) in [6.07, 6.45) is 4.39. The average molecular weight is 238 g/mol. The highest BCUT2D eigenvalue weighted by Gasteiger charge is 2.16. The van der Waals surface area contributed by atoms with Gasteiger partial charge in [-0.05, 0) is 37.3 Å². The molecule has 1 atom stereocenters. The molecule has 1 aliphatic rings. The highest BCUT2D eigenvalue weighted by atomic mass is 32.1. The molecule has 1 aliphatic carbocycles. The van der Waals surface area contributed by atoms with Crippen LogP contribution in [0.5, 0.6) is 0 Å². The quantitative estimate of drug-likeness (QED) is 0.837. The average Bonchev–Trinajstić information content (AvgIpc) is 2.84. The molecule has 0 radical (unpaired) electrons. The van der Waals surface area contributed by atoms with Crippen molar-refractivity contribution in [2.45, 2.75) is 45.2 Å². The van der Waals surface area contributed by atoms with Crippen LogP contribution in [0.4, 0.5) is 0 Å². The van der Waals surface area contributed by atoms with Gasteiger partial charge < -0.3 is 11.1 Å². The summed E-state index contributed by atoms with van der Waals surface area (Å²) in [5.74, 6) is -0.0453. The Morgan fingerprint density at radius 3 is 3.12 bits per heavy atom. The van der Waals surface area contributed by atoms with Gasteiger partial charge in [0.05, 0.1) is 12.6 Å². The molecule has 0 aliphatic heterocycles. The van der Waals surface area contributed by atoms with E-state index in [9.17, 15) is 4.79 Å². The molecule has 1 amide bonds. The lowest BCUT2D eigenvalue weighted by Crippen LogP contribution is -2.39. The molecule has 2 rings (SSSR count). The molecular formula is C12H18N2OS. The van der Waals surface area contributed by atoms with Crippen LogP contribution in [-0.2, 0) is 24.2 Å². The number of carbonyl (C=O) groups excluding carboxylic acids is 1. The Balaban J connectivity index is 1.88. The SMILES string of the molecule is CCC(N)C(=O)NCc1cc2c(s1)CCC2. The number of rotatable bonds is 4. The Labute approximate surface area is 100 Å². The molecule has 1 aromatic heterocycles. The molecule has 1 unspecified atom stereocenters. The molecular weight excluding hydrogens is 220 g/mol. The first kappa shape index (κ1) is 11.6. The zero-order valence-corrected chi connectivity index (χ0v) is 10.4. The van der Waals surface area contributed by atoms with E-state index in [4.69, 9.17) is 5.73 Å². The number of carbonyl (C=O) groups is 1. The summed E-state index contributed by atoms with van der Waals surface area (Å²) in [5, 5.41) is 2.88. The van der Waals surface area contributed by atoms with E-state index in [0.717, 1.165) is 0 Å². The zero-order valence-electron chi connectivity index (χ0n) is 9.58. The van der Waals surface area contributed by atoms with Crippen LogP contribution in [0.15, 0.2) is 6.07 Å². The third kappa shape index (κ3) is 2.44. The predicted molar refractivity (Wildman–Crippen MR) is 66.5 cm³/mol. The number of fused-ring (bicyclic) bond motifs is 1. The van der Waals surface area contributed by atoms with Gasteiger partial charge in [-0.1, -0.05) is 6.92 Å². The van der Waals surface area contributed by atoms with E-state index in [1.54, 1.807) is 0 Å². The van der Waals surface area contributed by atoms with Gasteiger partial charge in [-0.25, -0.2) is 0 Å². The zero-order chi connectivity index (χ0) is 11.5. The number of nitrogens with two attached hydrogens (primary N) is 1. The highest BCUT2D eigenvalue weighted by Crippen LogP contribution is 2.30. The maximum absolute atomic E-state index is 11.5. The Morgan fingerprint density at radius 1 is 1.62 bits per heavy atom. The molecule has 4 heteroatoms. The fourth-order valence-electron chi connectivity index (χ4n) is 1.97. The predicted octanol–water partition coefficient (Wildman–Crippen LogP) is 1.59. The lowest BCUT2D eigenvalue weighted by atomic mass is 10.2. The van der Waals surface area contributed by atoms with Crippen LogP contribution in [0.3, 0.4) is 0 Å². The fourth-order valence-corrected chi connectivity index (χ4v) is 3.17. The van der Waals surface area contributed by atoms with Crippen LogP contribution in [0, 0.1) is 0 Å². The second-order valence-electron chi connectivity index (χ2n) is 4.25. The Morgan fingerprint density at radius 2 is 2.44 bits per heavy atom. The molecule has 0 aromatic carbocycles. The van der Waals surface area contributed by atoms with Crippen LogP contribution >= 0.6 is 11.3 Å². The van der Waals surface area contributed by atoms with E-state index in [1.165, 1.54) is 34.6 Å². The van der Waals surface area contributed by atoms with Crippen LogP contribution in [0.25, 0.3) is 0 Å². The van der Waals surface area contributed by atoms with Gasteiger partial charge in [-0.3, -0.25) is 4.79 Å². The van der Waals surface area contributed by atoms with E-state index < -0.39 is 0 Å². The minimum Gasteiger partial charge on any atom is -0.350 e. The van der Waals surface area contributed by atoms with Crippen molar-refractivity contribution in [1.29, 1.82) is 0 Å². The van der Waals surface area contributed by atoms with Crippen molar-refractivity contribution in [2.75, 3.05) is 0 Å². The third-order valence-corrected chi connectivity index (χ3v) is 4.25. The molecule has 1 heterocycles. The molecule has 0 fully saturated rings. The molecule has 3 N–H and O–H groups in total. The molecule has 16 heavy (non-hydrogen) atoms. The molecule has 0 saturated carbocycles. The van der Waals surface area contributed by atoms with E-state index in [1.807, 2.05) is 18.3 Å². The largest absolute Gasteiger partial charge is 0.350 e. The van der Waals surface area contributed by atoms with E-state index in [0.29, 0.717) is 13.0 Å². The van der Waals surface area contributed by atoms with Gasteiger partial charge in [-0.15, -0.1) is 11.3 Å². The fraction of sp³-hybridized carbons (Fsp3) is 0.583. The van der Waals surface area contributed by atoms with Crippen LogP contribution in [0.1, 0.15) is 35.1 Å². The van der Waals surface area contributed by atoms with Crippen LogP contribution < -0.4 is 11.1 Å². The molecule has 1 aromatic rings. The summed E-state index contributed by atoms with van der Waals surface area (Å²) in [7, 11) is 0. The van der Waals surface area contributed by atoms with Crippen molar-refractivity contribution >= 4 is 17.2 Å². The lowest BCUT2D eigenvalue weighted by molar-refractivity contribution is -0.122. The van der Waals surface area contributed by atoms with E-state index >= 15 is 0 Å². The first-order valence-corrected chi connectivity index (χ1v) is 6.66. The van der Waals surface area contributed by atoms with Crippen molar-refractivity contribution in [3.63, 3.8) is 0 Å². The first-order chi connectivity index (χ1) is 7.70. The number of thiophene rings is 1. The monoisotopic (exact) mass is 238 g/mol. The van der Waals surface area contributed by atoms with Crippen molar-refractivity contribution in [3.8, 4) is 0 Å². The second-order valence-corrected chi connectivity index (χ2v) is 5.47. The van der Waals surface area contributed by atoms with Gasteiger partial charge in [-0.2, -0.15) is 0 Å². The first-order valence-electron chi connectivity index (χ1n) is 5.84. The van der Waals surface area contributed by atoms with Gasteiger partial charge >= 0.3 is 0 Å². The number of nitrogens with one attached hydrogen (secondary N) is 1. The maximum Gasteiger partial charge on any atom is 0.237 e. The highest BCUT2D eigenvalue weighted by molar-refractivity contribution is 7.12. The molecule has 0 spiro atoms. The van der Waals surface area contributed by atoms with Gasteiger partial charge in [0, 0.05) is 9.75 Å². The Kier molecular flexibility index (Phi) is 3.61. The Hall–Kier alpha value is -0.870. The third-order valence-electron chi connectivity index (χ3n) is 3.01. The van der Waals surface area contributed by atoms with Crippen molar-refractivity contribution in [1.82, 2.24) is 5.32 Å². The topological polar surface area (TPSA) is 55.1 Å². The van der Waals surface area contributed by atoms with Crippen molar-refractivity contribution < 1.29 is 4.79 Å². The van der Waals surface area contributed by atoms with E-state index in [-0.39, 0.29) is 11.9 Å². The maximum atomic E-state index is 11.5. The summed E-state index contributed by atoms with van der Waals surface area (Å²) >= 11 is 1.83. The van der Waals surface area contributed by atoms with E-state index in [2.05, 4.69) is 11.4 Å². The standard InChI is InChI=1S/C12H18N2OS/c1-2-10(13)12(15)14-7-9-6-8-4-3-5-11(8)16-9/h6,10H,2-5,7,13H2,1H3,(H,14,15). The molecule has 0 saturated heterocycles. The second kappa shape index (κ2) is 4.97. The van der Waals surface area contributed by atoms with Gasteiger partial charge in [0.15, 0.2) is 0 Å². The normalized spacial score (nSPS) is 15.9. The molecule has 88 valence electrons. The minimum absolute atomic E-state index is 0.0453. The van der Waals surface area contributed by atoms with Gasteiger partial charge in [0.25, 0.3) is 0 Å². The summed E-state index contributed by atoms with van der Waals surface area (Å²) in [6.45, 7) is 2.55. The Bertz CT molecular complexity index is 365. The number of aryl methyl sites for hydroxylation is 2.